The lowest BCUT2D eigenvalue weighted by Crippen LogP contribution is -2.66. The zero-order valence-electron chi connectivity index (χ0n) is 24.4. The molecule has 2 aliphatic heterocycles. The van der Waals surface area contributed by atoms with E-state index in [4.69, 9.17) is 20.2 Å². The standard InChI is InChI=1S/C30H33BrN9O2P/c1-33-12-18(11-32)19-9-23(25(41-2)10-24(19)40-14-30(15-40)16-42-17-30)38-29-36-13-20(31)28(39-29)37-22-6-5-21-26(27(22)43(3)4)35-8-7-34-21/h5-13H,14-17,32H2,1-4H3,(H2,36,37,38,39). The first kappa shape index (κ1) is 29.2. The van der Waals surface area contributed by atoms with E-state index >= 15 is 0 Å². The van der Waals surface area contributed by atoms with Crippen LogP contribution in [-0.2, 0) is 4.74 Å². The Morgan fingerprint density at radius 2 is 1.93 bits per heavy atom. The lowest BCUT2D eigenvalue weighted by atomic mass is 9.77. The molecule has 2 fully saturated rings. The second kappa shape index (κ2) is 12.0. The Morgan fingerprint density at radius 1 is 1.14 bits per heavy atom. The van der Waals surface area contributed by atoms with Crippen molar-refractivity contribution >= 4 is 80.8 Å². The number of nitrogens with one attached hydrogen (secondary N) is 2. The highest BCUT2D eigenvalue weighted by atomic mass is 79.9. The molecule has 0 amide bonds. The van der Waals surface area contributed by atoms with Crippen molar-refractivity contribution in [3.8, 4) is 5.75 Å². The highest BCUT2D eigenvalue weighted by Crippen LogP contribution is 2.45. The van der Waals surface area contributed by atoms with Crippen LogP contribution in [0.5, 0.6) is 5.75 Å². The Labute approximate surface area is 259 Å². The van der Waals surface area contributed by atoms with Gasteiger partial charge in [-0.25, -0.2) is 4.98 Å². The average Bonchev–Trinajstić information content (AvgIpc) is 2.96. The average molecular weight is 663 g/mol. The number of hydrogen-bond acceptors (Lipinski definition) is 11. The predicted molar refractivity (Wildman–Crippen MR) is 179 cm³/mol. The summed E-state index contributed by atoms with van der Waals surface area (Å²) < 4.78 is 12.0. The zero-order chi connectivity index (χ0) is 30.1. The topological polar surface area (TPSA) is 136 Å². The number of methoxy groups -OCH3 is 1. The third-order valence-electron chi connectivity index (χ3n) is 7.59. The van der Waals surface area contributed by atoms with Crippen LogP contribution in [0.3, 0.4) is 0 Å². The molecule has 11 nitrogen and oxygen atoms in total. The van der Waals surface area contributed by atoms with Crippen molar-refractivity contribution in [2.75, 3.05) is 69.3 Å². The van der Waals surface area contributed by atoms with Crippen molar-refractivity contribution < 1.29 is 9.47 Å². The van der Waals surface area contributed by atoms with Crippen LogP contribution in [-0.4, -0.2) is 79.9 Å². The number of benzene rings is 2. The van der Waals surface area contributed by atoms with Crippen LogP contribution in [0.1, 0.15) is 5.56 Å². The minimum absolute atomic E-state index is 0.246. The van der Waals surface area contributed by atoms with Gasteiger partial charge in [0.2, 0.25) is 5.95 Å². The molecule has 222 valence electrons. The molecule has 2 saturated heterocycles. The maximum absolute atomic E-state index is 6.07. The number of aliphatic imine (C=N–C) groups is 1. The molecule has 0 bridgehead atoms. The first-order chi connectivity index (χ1) is 20.8. The fraction of sp³-hybridized carbons (Fsp3) is 0.300. The summed E-state index contributed by atoms with van der Waals surface area (Å²) in [6.45, 7) is 7.84. The van der Waals surface area contributed by atoms with Crippen LogP contribution in [0.15, 0.2) is 58.5 Å². The van der Waals surface area contributed by atoms with Crippen LogP contribution in [0.2, 0.25) is 0 Å². The van der Waals surface area contributed by atoms with Crippen molar-refractivity contribution in [3.63, 3.8) is 0 Å². The summed E-state index contributed by atoms with van der Waals surface area (Å²) in [5, 5.41) is 8.00. The molecule has 43 heavy (non-hydrogen) atoms. The Bertz CT molecular complexity index is 1730. The van der Waals surface area contributed by atoms with Crippen LogP contribution in [0, 0.1) is 5.41 Å². The monoisotopic (exact) mass is 661 g/mol. The molecule has 0 radical (unpaired) electrons. The van der Waals surface area contributed by atoms with Crippen molar-refractivity contribution in [1.29, 1.82) is 0 Å². The van der Waals surface area contributed by atoms with Gasteiger partial charge in [-0.1, -0.05) is 7.92 Å². The van der Waals surface area contributed by atoms with Gasteiger partial charge in [0.15, 0.2) is 0 Å². The third-order valence-corrected chi connectivity index (χ3v) is 9.52. The second-order valence-corrected chi connectivity index (χ2v) is 13.9. The first-order valence-electron chi connectivity index (χ1n) is 13.7. The first-order valence-corrected chi connectivity index (χ1v) is 16.7. The minimum atomic E-state index is -0.493. The Morgan fingerprint density at radius 3 is 2.60 bits per heavy atom. The summed E-state index contributed by atoms with van der Waals surface area (Å²) in [6.07, 6.45) is 8.49. The number of ether oxygens (including phenoxy) is 2. The number of anilines is 5. The molecule has 0 aliphatic carbocycles. The summed E-state index contributed by atoms with van der Waals surface area (Å²) in [5.41, 5.74) is 12.5. The molecule has 2 aromatic heterocycles. The van der Waals surface area contributed by atoms with Gasteiger partial charge in [0.1, 0.15) is 11.6 Å². The van der Waals surface area contributed by atoms with E-state index in [9.17, 15) is 0 Å². The normalized spacial score (nSPS) is 16.0. The smallest absolute Gasteiger partial charge is 0.229 e. The number of hydrogen-bond donors (Lipinski definition) is 3. The highest BCUT2D eigenvalue weighted by molar-refractivity contribution is 9.10. The molecule has 0 saturated carbocycles. The number of rotatable bonds is 9. The number of allylic oxidation sites excluding steroid dienone is 1. The van der Waals surface area contributed by atoms with Crippen molar-refractivity contribution in [2.45, 2.75) is 0 Å². The van der Waals surface area contributed by atoms with E-state index in [1.807, 2.05) is 24.3 Å². The quantitative estimate of drug-likeness (QED) is 0.168. The van der Waals surface area contributed by atoms with E-state index in [2.05, 4.69) is 64.7 Å². The fourth-order valence-electron chi connectivity index (χ4n) is 5.52. The SMILES string of the molecule is CN=CC(=CN)c1cc(Nc2ncc(Br)c(Nc3ccc4nccnc4c3P(C)C)n2)c(OC)cc1N1CC2(COC2)C1. The molecule has 13 heteroatoms. The molecular weight excluding hydrogens is 629 g/mol. The molecular formula is C30H33BrN9O2P. The second-order valence-electron chi connectivity index (χ2n) is 10.8. The molecule has 4 N–H and O–H groups in total. The molecule has 1 spiro atoms. The summed E-state index contributed by atoms with van der Waals surface area (Å²) in [7, 11) is 2.89. The maximum atomic E-state index is 6.07. The van der Waals surface area contributed by atoms with Crippen molar-refractivity contribution in [3.05, 3.63) is 59.1 Å². The maximum Gasteiger partial charge on any atom is 0.229 e. The van der Waals surface area contributed by atoms with Crippen molar-refractivity contribution in [1.82, 2.24) is 19.9 Å². The summed E-state index contributed by atoms with van der Waals surface area (Å²) >= 11 is 3.62. The highest BCUT2D eigenvalue weighted by Gasteiger charge is 2.49. The number of halogens is 1. The van der Waals surface area contributed by atoms with Gasteiger partial charge in [-0.15, -0.1) is 0 Å². The van der Waals surface area contributed by atoms with E-state index in [1.165, 1.54) is 0 Å². The van der Waals surface area contributed by atoms with E-state index < -0.39 is 7.92 Å². The van der Waals surface area contributed by atoms with Gasteiger partial charge < -0.3 is 30.7 Å². The van der Waals surface area contributed by atoms with E-state index in [0.717, 1.165) is 69.6 Å². The van der Waals surface area contributed by atoms with Gasteiger partial charge in [0.05, 0.1) is 46.9 Å². The van der Waals surface area contributed by atoms with Gasteiger partial charge in [-0.2, -0.15) is 4.98 Å². The fourth-order valence-corrected chi connectivity index (χ4v) is 7.01. The minimum Gasteiger partial charge on any atom is -0.494 e. The van der Waals surface area contributed by atoms with E-state index in [0.29, 0.717) is 23.2 Å². The Balaban J connectivity index is 1.34. The summed E-state index contributed by atoms with van der Waals surface area (Å²) in [6, 6.07) is 8.03. The van der Waals surface area contributed by atoms with Crippen LogP contribution in [0.4, 0.5) is 28.8 Å². The largest absolute Gasteiger partial charge is 0.494 e. The van der Waals surface area contributed by atoms with Crippen molar-refractivity contribution in [2.24, 2.45) is 16.1 Å². The lowest BCUT2D eigenvalue weighted by molar-refractivity contribution is -0.127. The number of aromatic nitrogens is 4. The molecule has 6 rings (SSSR count). The molecule has 2 aromatic carbocycles. The third kappa shape index (κ3) is 5.62. The number of nitrogens with zero attached hydrogens (tertiary/aromatic N) is 6. The summed E-state index contributed by atoms with van der Waals surface area (Å²) in [4.78, 5) is 25.0. The Kier molecular flexibility index (Phi) is 8.17. The number of nitrogens with two attached hydrogens (primary N) is 1. The molecule has 4 aromatic rings. The lowest BCUT2D eigenvalue weighted by Gasteiger charge is -2.56. The Hall–Kier alpha value is -3.86. The van der Waals surface area contributed by atoms with Crippen LogP contribution in [0.25, 0.3) is 16.6 Å². The van der Waals surface area contributed by atoms with Gasteiger partial charge in [0.25, 0.3) is 0 Å². The van der Waals surface area contributed by atoms with Crippen LogP contribution < -0.4 is 31.3 Å². The molecule has 2 aliphatic rings. The zero-order valence-corrected chi connectivity index (χ0v) is 26.9. The molecule has 4 heterocycles. The van der Waals surface area contributed by atoms with E-state index in [1.54, 1.807) is 45.2 Å². The predicted octanol–water partition coefficient (Wildman–Crippen LogP) is 4.88. The molecule has 0 unspecified atom stereocenters. The van der Waals surface area contributed by atoms with Gasteiger partial charge in [-0.3, -0.25) is 15.0 Å². The summed E-state index contributed by atoms with van der Waals surface area (Å²) in [5.74, 6) is 1.68. The van der Waals surface area contributed by atoms with Crippen LogP contribution >= 0.6 is 23.9 Å². The molecule has 0 atom stereocenters. The van der Waals surface area contributed by atoms with Gasteiger partial charge in [-0.05, 0) is 47.5 Å². The number of fused-ring (bicyclic) bond motifs is 1. The van der Waals surface area contributed by atoms with Gasteiger partial charge in [0, 0.05) is 85.0 Å². The van der Waals surface area contributed by atoms with E-state index in [-0.39, 0.29) is 5.41 Å². The van der Waals surface area contributed by atoms with Gasteiger partial charge >= 0.3 is 0 Å².